The van der Waals surface area contributed by atoms with Crippen LogP contribution in [0.25, 0.3) is 22.2 Å². The van der Waals surface area contributed by atoms with Crippen molar-refractivity contribution in [1.82, 2.24) is 15.1 Å². The lowest BCUT2D eigenvalue weighted by Gasteiger charge is -2.17. The molecule has 4 rings (SSSR count). The van der Waals surface area contributed by atoms with E-state index in [0.29, 0.717) is 11.5 Å². The van der Waals surface area contributed by atoms with Gasteiger partial charge in [-0.15, -0.1) is 11.3 Å². The van der Waals surface area contributed by atoms with Crippen molar-refractivity contribution >= 4 is 11.3 Å². The average Bonchev–Trinajstić information content (AvgIpc) is 3.26. The van der Waals surface area contributed by atoms with Crippen molar-refractivity contribution < 1.29 is 13.3 Å². The third kappa shape index (κ3) is 2.51. The predicted molar refractivity (Wildman–Crippen MR) is 85.1 cm³/mol. The summed E-state index contributed by atoms with van der Waals surface area (Å²) < 4.78 is 33.0. The van der Waals surface area contributed by atoms with E-state index in [1.807, 2.05) is 0 Å². The zero-order valence-corrected chi connectivity index (χ0v) is 13.4. The predicted octanol–water partition coefficient (Wildman–Crippen LogP) is 3.87. The minimum absolute atomic E-state index is 0.153. The lowest BCUT2D eigenvalue weighted by atomic mass is 9.99. The molecule has 0 spiro atoms. The number of hydrogen-bond acceptors (Lipinski definition) is 6. The maximum Gasteiger partial charge on any atom is 0.277 e. The van der Waals surface area contributed by atoms with Crippen molar-refractivity contribution in [2.45, 2.75) is 31.2 Å². The van der Waals surface area contributed by atoms with Crippen LogP contribution in [0.4, 0.5) is 8.78 Å². The standard InChI is InChI=1S/C16H14F2N4OS/c17-9-4-3-5-10(18)12(9)14-20-11(8-24-14)13-21-15(22-23-13)16(19)6-1-2-7-16/h3-5,8H,1-2,6-7,19H2. The molecule has 1 saturated carbocycles. The molecule has 0 atom stereocenters. The first kappa shape index (κ1) is 15.3. The van der Waals surface area contributed by atoms with Crippen LogP contribution in [0.1, 0.15) is 31.5 Å². The number of thiazole rings is 1. The molecule has 1 fully saturated rings. The van der Waals surface area contributed by atoms with Crippen LogP contribution in [-0.2, 0) is 5.54 Å². The Labute approximate surface area is 140 Å². The summed E-state index contributed by atoms with van der Waals surface area (Å²) in [4.78, 5) is 8.58. The van der Waals surface area contributed by atoms with E-state index in [-0.39, 0.29) is 16.5 Å². The third-order valence-electron chi connectivity index (χ3n) is 4.27. The smallest absolute Gasteiger partial charge is 0.277 e. The molecule has 2 aromatic heterocycles. The minimum Gasteiger partial charge on any atom is -0.332 e. The molecular formula is C16H14F2N4OS. The molecule has 1 aromatic carbocycles. The van der Waals surface area contributed by atoms with Crippen molar-refractivity contribution in [1.29, 1.82) is 0 Å². The zero-order chi connectivity index (χ0) is 16.7. The van der Waals surface area contributed by atoms with Crippen molar-refractivity contribution in [3.63, 3.8) is 0 Å². The van der Waals surface area contributed by atoms with Gasteiger partial charge in [0.2, 0.25) is 0 Å². The summed E-state index contributed by atoms with van der Waals surface area (Å²) in [6.07, 6.45) is 3.70. The van der Waals surface area contributed by atoms with Crippen molar-refractivity contribution in [3.8, 4) is 22.2 Å². The summed E-state index contributed by atoms with van der Waals surface area (Å²) in [5.74, 6) is -0.648. The molecular weight excluding hydrogens is 334 g/mol. The van der Waals surface area contributed by atoms with E-state index in [9.17, 15) is 8.78 Å². The molecule has 3 aromatic rings. The van der Waals surface area contributed by atoms with E-state index in [1.165, 1.54) is 18.2 Å². The zero-order valence-electron chi connectivity index (χ0n) is 12.6. The van der Waals surface area contributed by atoms with Gasteiger partial charge in [0, 0.05) is 5.38 Å². The molecule has 24 heavy (non-hydrogen) atoms. The average molecular weight is 348 g/mol. The molecule has 0 amide bonds. The van der Waals surface area contributed by atoms with Crippen LogP contribution in [0.3, 0.4) is 0 Å². The number of nitrogens with two attached hydrogens (primary N) is 1. The highest BCUT2D eigenvalue weighted by molar-refractivity contribution is 7.13. The molecule has 0 aliphatic heterocycles. The van der Waals surface area contributed by atoms with Gasteiger partial charge in [-0.1, -0.05) is 24.1 Å². The van der Waals surface area contributed by atoms with Crippen molar-refractivity contribution in [3.05, 3.63) is 41.0 Å². The van der Waals surface area contributed by atoms with Crippen molar-refractivity contribution in [2.75, 3.05) is 0 Å². The van der Waals surface area contributed by atoms with Gasteiger partial charge in [0.15, 0.2) is 5.82 Å². The molecule has 1 aliphatic rings. The quantitative estimate of drug-likeness (QED) is 0.777. The minimum atomic E-state index is -0.658. The first-order valence-corrected chi connectivity index (χ1v) is 8.48. The normalized spacial score (nSPS) is 16.6. The van der Waals surface area contributed by atoms with E-state index in [2.05, 4.69) is 15.1 Å². The molecule has 0 bridgehead atoms. The van der Waals surface area contributed by atoms with Gasteiger partial charge in [-0.25, -0.2) is 13.8 Å². The van der Waals surface area contributed by atoms with E-state index >= 15 is 0 Å². The van der Waals surface area contributed by atoms with Crippen LogP contribution in [-0.4, -0.2) is 15.1 Å². The molecule has 0 unspecified atom stereocenters. The Hall–Kier alpha value is -2.19. The maximum absolute atomic E-state index is 13.9. The Kier molecular flexibility index (Phi) is 3.65. The fourth-order valence-corrected chi connectivity index (χ4v) is 3.79. The summed E-state index contributed by atoms with van der Waals surface area (Å²) in [5.41, 5.74) is 5.98. The van der Waals surface area contributed by atoms with Crippen LogP contribution in [0.15, 0.2) is 28.1 Å². The van der Waals surface area contributed by atoms with Crippen LogP contribution in [0, 0.1) is 11.6 Å². The summed E-state index contributed by atoms with van der Waals surface area (Å²) >= 11 is 1.12. The van der Waals surface area contributed by atoms with E-state index in [0.717, 1.165) is 37.0 Å². The number of benzene rings is 1. The number of hydrogen-bond donors (Lipinski definition) is 1. The van der Waals surface area contributed by atoms with Gasteiger partial charge < -0.3 is 10.3 Å². The van der Waals surface area contributed by atoms with Crippen LogP contribution >= 0.6 is 11.3 Å². The second-order valence-electron chi connectivity index (χ2n) is 5.92. The van der Waals surface area contributed by atoms with Gasteiger partial charge in [-0.05, 0) is 25.0 Å². The fourth-order valence-electron chi connectivity index (χ4n) is 2.95. The number of halogens is 2. The van der Waals surface area contributed by atoms with E-state index < -0.39 is 17.2 Å². The Morgan fingerprint density at radius 3 is 2.54 bits per heavy atom. The Morgan fingerprint density at radius 2 is 1.83 bits per heavy atom. The van der Waals surface area contributed by atoms with Gasteiger partial charge in [0.05, 0.1) is 11.1 Å². The van der Waals surface area contributed by atoms with Gasteiger partial charge in [0.1, 0.15) is 22.3 Å². The topological polar surface area (TPSA) is 77.8 Å². The Bertz CT molecular complexity index is 866. The second-order valence-corrected chi connectivity index (χ2v) is 6.78. The lowest BCUT2D eigenvalue weighted by Crippen LogP contribution is -2.34. The Balaban J connectivity index is 1.68. The highest BCUT2D eigenvalue weighted by Gasteiger charge is 2.36. The molecule has 0 radical (unpaired) electrons. The SMILES string of the molecule is NC1(c2noc(-c3csc(-c4c(F)cccc4F)n3)n2)CCCC1. The lowest BCUT2D eigenvalue weighted by molar-refractivity contribution is 0.372. The number of rotatable bonds is 3. The van der Waals surface area contributed by atoms with Gasteiger partial charge >= 0.3 is 0 Å². The summed E-state index contributed by atoms with van der Waals surface area (Å²) in [5, 5.41) is 5.83. The second kappa shape index (κ2) is 5.71. The highest BCUT2D eigenvalue weighted by atomic mass is 32.1. The first-order chi connectivity index (χ1) is 11.6. The van der Waals surface area contributed by atoms with E-state index in [1.54, 1.807) is 5.38 Å². The molecule has 2 N–H and O–H groups in total. The summed E-state index contributed by atoms with van der Waals surface area (Å²) in [6.45, 7) is 0. The Morgan fingerprint density at radius 1 is 1.12 bits per heavy atom. The molecule has 5 nitrogen and oxygen atoms in total. The van der Waals surface area contributed by atoms with Crippen LogP contribution < -0.4 is 5.73 Å². The van der Waals surface area contributed by atoms with Crippen LogP contribution in [0.5, 0.6) is 0 Å². The molecule has 0 saturated heterocycles. The maximum atomic E-state index is 13.9. The van der Waals surface area contributed by atoms with Gasteiger partial charge in [-0.3, -0.25) is 0 Å². The van der Waals surface area contributed by atoms with Crippen LogP contribution in [0.2, 0.25) is 0 Å². The summed E-state index contributed by atoms with van der Waals surface area (Å²) in [6, 6.07) is 3.71. The summed E-state index contributed by atoms with van der Waals surface area (Å²) in [7, 11) is 0. The fraction of sp³-hybridized carbons (Fsp3) is 0.312. The van der Waals surface area contributed by atoms with Crippen molar-refractivity contribution in [2.24, 2.45) is 5.73 Å². The van der Waals surface area contributed by atoms with Gasteiger partial charge in [0.25, 0.3) is 5.89 Å². The molecule has 2 heterocycles. The number of nitrogens with zero attached hydrogens (tertiary/aromatic N) is 3. The highest BCUT2D eigenvalue weighted by Crippen LogP contribution is 2.36. The van der Waals surface area contributed by atoms with Gasteiger partial charge in [-0.2, -0.15) is 4.98 Å². The molecule has 1 aliphatic carbocycles. The number of aromatic nitrogens is 3. The first-order valence-electron chi connectivity index (χ1n) is 7.60. The monoisotopic (exact) mass is 348 g/mol. The third-order valence-corrected chi connectivity index (χ3v) is 5.13. The van der Waals surface area contributed by atoms with E-state index in [4.69, 9.17) is 10.3 Å². The molecule has 124 valence electrons. The molecule has 8 heteroatoms. The largest absolute Gasteiger partial charge is 0.332 e.